The number of thioether (sulfide) groups is 1. The first kappa shape index (κ1) is 26.6. The Bertz CT molecular complexity index is 1450. The molecule has 0 aliphatic carbocycles. The van der Waals surface area contributed by atoms with Gasteiger partial charge in [0.2, 0.25) is 5.89 Å². The van der Waals surface area contributed by atoms with E-state index in [9.17, 15) is 14.3 Å². The molecule has 0 saturated heterocycles. The minimum atomic E-state index is -1.18. The normalized spacial score (nSPS) is 11.2. The zero-order valence-corrected chi connectivity index (χ0v) is 21.5. The SMILES string of the molecule is COc1cc(OC)cc(-c2nnc(S/C(=C\c3ccc(OCc4ccccc4F)c(OC)c3)C(=O)O)o2)c1. The van der Waals surface area contributed by atoms with Crippen LogP contribution in [0.2, 0.25) is 0 Å². The van der Waals surface area contributed by atoms with Gasteiger partial charge >= 0.3 is 5.97 Å². The minimum Gasteiger partial charge on any atom is -0.497 e. The number of carboxylic acid groups (broad SMARTS) is 1. The van der Waals surface area contributed by atoms with Crippen molar-refractivity contribution in [1.82, 2.24) is 10.2 Å². The monoisotopic (exact) mass is 538 g/mol. The Balaban J connectivity index is 1.53. The Morgan fingerprint density at radius 3 is 2.37 bits per heavy atom. The standard InChI is InChI=1S/C27H23FN2O7S/c1-33-19-12-18(13-20(14-19)34-2)25-29-30-27(37-25)38-24(26(31)32)11-16-8-9-22(23(10-16)35-3)36-15-17-6-4-5-7-21(17)28/h4-14H,15H2,1-3H3,(H,31,32)/b24-11-. The van der Waals surface area contributed by atoms with E-state index in [0.29, 0.717) is 39.7 Å². The van der Waals surface area contributed by atoms with Crippen molar-refractivity contribution in [3.05, 3.63) is 82.5 Å². The van der Waals surface area contributed by atoms with E-state index in [1.54, 1.807) is 54.6 Å². The fourth-order valence-electron chi connectivity index (χ4n) is 3.34. The summed E-state index contributed by atoms with van der Waals surface area (Å²) in [6.45, 7) is 0.00705. The van der Waals surface area contributed by atoms with Crippen molar-refractivity contribution in [3.8, 4) is 34.5 Å². The number of ether oxygens (including phenoxy) is 4. The van der Waals surface area contributed by atoms with Crippen molar-refractivity contribution in [2.75, 3.05) is 21.3 Å². The number of hydrogen-bond donors (Lipinski definition) is 1. The van der Waals surface area contributed by atoms with Crippen LogP contribution in [0.1, 0.15) is 11.1 Å². The summed E-state index contributed by atoms with van der Waals surface area (Å²) in [5, 5.41) is 17.8. The zero-order chi connectivity index (χ0) is 27.1. The van der Waals surface area contributed by atoms with Gasteiger partial charge in [0.15, 0.2) is 11.5 Å². The van der Waals surface area contributed by atoms with Crippen LogP contribution in [0, 0.1) is 5.82 Å². The van der Waals surface area contributed by atoms with E-state index >= 15 is 0 Å². The smallest absolute Gasteiger partial charge is 0.342 e. The van der Waals surface area contributed by atoms with E-state index in [0.717, 1.165) is 11.8 Å². The van der Waals surface area contributed by atoms with Gasteiger partial charge in [0.05, 0.1) is 21.3 Å². The van der Waals surface area contributed by atoms with Gasteiger partial charge in [-0.2, -0.15) is 0 Å². The van der Waals surface area contributed by atoms with Crippen LogP contribution in [-0.4, -0.2) is 42.6 Å². The summed E-state index contributed by atoms with van der Waals surface area (Å²) in [5.41, 5.74) is 1.48. The molecule has 3 aromatic carbocycles. The van der Waals surface area contributed by atoms with E-state index in [-0.39, 0.29) is 28.4 Å². The van der Waals surface area contributed by atoms with Crippen molar-refractivity contribution in [3.63, 3.8) is 0 Å². The van der Waals surface area contributed by atoms with E-state index < -0.39 is 5.97 Å². The Morgan fingerprint density at radius 2 is 1.71 bits per heavy atom. The molecule has 0 spiro atoms. The van der Waals surface area contributed by atoms with Crippen LogP contribution < -0.4 is 18.9 Å². The summed E-state index contributed by atoms with van der Waals surface area (Å²) >= 11 is 0.799. The Morgan fingerprint density at radius 1 is 0.974 bits per heavy atom. The summed E-state index contributed by atoms with van der Waals surface area (Å²) in [5.74, 6) is 0.429. The predicted octanol–water partition coefficient (Wildman–Crippen LogP) is 5.70. The molecule has 38 heavy (non-hydrogen) atoms. The number of aromatic nitrogens is 2. The summed E-state index contributed by atoms with van der Waals surface area (Å²) in [4.78, 5) is 11.9. The Kier molecular flexibility index (Phi) is 8.49. The number of carbonyl (C=O) groups is 1. The molecule has 0 aliphatic rings. The second kappa shape index (κ2) is 12.2. The molecule has 0 radical (unpaired) electrons. The van der Waals surface area contributed by atoms with Crippen LogP contribution in [-0.2, 0) is 11.4 Å². The van der Waals surface area contributed by atoms with Crippen LogP contribution in [0.25, 0.3) is 17.5 Å². The van der Waals surface area contributed by atoms with Gasteiger partial charge in [0, 0.05) is 17.2 Å². The fourth-order valence-corrected chi connectivity index (χ4v) is 4.02. The molecule has 1 N–H and O–H groups in total. The number of aliphatic carboxylic acids is 1. The summed E-state index contributed by atoms with van der Waals surface area (Å²) in [6, 6.07) is 16.3. The topological polar surface area (TPSA) is 113 Å². The molecule has 11 heteroatoms. The second-order valence-electron chi connectivity index (χ2n) is 7.68. The lowest BCUT2D eigenvalue weighted by Gasteiger charge is -2.12. The number of rotatable bonds is 11. The molecule has 0 amide bonds. The molecule has 0 bridgehead atoms. The van der Waals surface area contributed by atoms with Gasteiger partial charge in [-0.3, -0.25) is 0 Å². The van der Waals surface area contributed by atoms with Crippen LogP contribution in [0.5, 0.6) is 23.0 Å². The van der Waals surface area contributed by atoms with Gasteiger partial charge in [0.25, 0.3) is 5.22 Å². The lowest BCUT2D eigenvalue weighted by Crippen LogP contribution is -2.00. The summed E-state index contributed by atoms with van der Waals surface area (Å²) in [7, 11) is 4.50. The van der Waals surface area contributed by atoms with Crippen molar-refractivity contribution >= 4 is 23.8 Å². The second-order valence-corrected chi connectivity index (χ2v) is 8.67. The third-order valence-corrected chi connectivity index (χ3v) is 6.09. The number of methoxy groups -OCH3 is 3. The minimum absolute atomic E-state index is 0.00705. The molecule has 196 valence electrons. The zero-order valence-electron chi connectivity index (χ0n) is 20.6. The van der Waals surface area contributed by atoms with Gasteiger partial charge < -0.3 is 28.5 Å². The number of benzene rings is 3. The third-order valence-electron chi connectivity index (χ3n) is 5.24. The van der Waals surface area contributed by atoms with Gasteiger partial charge in [-0.25, -0.2) is 9.18 Å². The number of nitrogens with zero attached hydrogens (tertiary/aromatic N) is 2. The summed E-state index contributed by atoms with van der Waals surface area (Å²) < 4.78 is 41.2. The highest BCUT2D eigenvalue weighted by Gasteiger charge is 2.18. The highest BCUT2D eigenvalue weighted by atomic mass is 32.2. The average molecular weight is 539 g/mol. The molecule has 0 aliphatic heterocycles. The first-order chi connectivity index (χ1) is 18.4. The maximum atomic E-state index is 13.9. The number of carboxylic acids is 1. The summed E-state index contributed by atoms with van der Waals surface area (Å²) in [6.07, 6.45) is 1.44. The molecule has 1 heterocycles. The van der Waals surface area contributed by atoms with Crippen LogP contribution in [0.3, 0.4) is 0 Å². The first-order valence-corrected chi connectivity index (χ1v) is 12.0. The maximum absolute atomic E-state index is 13.9. The molecule has 0 saturated carbocycles. The van der Waals surface area contributed by atoms with Crippen molar-refractivity contribution in [1.29, 1.82) is 0 Å². The largest absolute Gasteiger partial charge is 0.497 e. The molecule has 0 fully saturated rings. The van der Waals surface area contributed by atoms with Crippen LogP contribution in [0.15, 0.2) is 75.2 Å². The van der Waals surface area contributed by atoms with E-state index in [1.807, 2.05) is 0 Å². The molecule has 0 atom stereocenters. The van der Waals surface area contributed by atoms with E-state index in [1.165, 1.54) is 33.5 Å². The molecular formula is C27H23FN2O7S. The first-order valence-electron chi connectivity index (χ1n) is 11.1. The molecule has 4 aromatic rings. The van der Waals surface area contributed by atoms with Crippen LogP contribution in [0.4, 0.5) is 4.39 Å². The van der Waals surface area contributed by atoms with Crippen molar-refractivity contribution in [2.24, 2.45) is 0 Å². The highest BCUT2D eigenvalue weighted by molar-refractivity contribution is 8.03. The van der Waals surface area contributed by atoms with Crippen LogP contribution >= 0.6 is 11.8 Å². The maximum Gasteiger partial charge on any atom is 0.342 e. The van der Waals surface area contributed by atoms with Crippen molar-refractivity contribution in [2.45, 2.75) is 11.8 Å². The molecule has 4 rings (SSSR count). The predicted molar refractivity (Wildman–Crippen MR) is 138 cm³/mol. The number of hydrogen-bond acceptors (Lipinski definition) is 9. The third kappa shape index (κ3) is 6.43. The highest BCUT2D eigenvalue weighted by Crippen LogP contribution is 2.35. The number of halogens is 1. The van der Waals surface area contributed by atoms with Gasteiger partial charge in [-0.15, -0.1) is 10.2 Å². The molecular weight excluding hydrogens is 515 g/mol. The molecule has 0 unspecified atom stereocenters. The average Bonchev–Trinajstić information content (AvgIpc) is 3.41. The fraction of sp³-hybridized carbons (Fsp3) is 0.148. The molecule has 9 nitrogen and oxygen atoms in total. The molecule has 1 aromatic heterocycles. The quantitative estimate of drug-likeness (QED) is 0.188. The van der Waals surface area contributed by atoms with E-state index in [2.05, 4.69) is 10.2 Å². The van der Waals surface area contributed by atoms with E-state index in [4.69, 9.17) is 23.4 Å². The lowest BCUT2D eigenvalue weighted by molar-refractivity contribution is -0.131. The Labute approximate surface area is 221 Å². The van der Waals surface area contributed by atoms with Gasteiger partial charge in [0.1, 0.15) is 28.8 Å². The van der Waals surface area contributed by atoms with Crippen molar-refractivity contribution < 1.29 is 37.7 Å². The Hall–Kier alpha value is -4.51. The van der Waals surface area contributed by atoms with Gasteiger partial charge in [-0.05, 0) is 53.7 Å². The lowest BCUT2D eigenvalue weighted by atomic mass is 10.2. The van der Waals surface area contributed by atoms with Gasteiger partial charge in [-0.1, -0.05) is 24.3 Å².